The zero-order valence-corrected chi connectivity index (χ0v) is 14.0. The van der Waals surface area contributed by atoms with Crippen molar-refractivity contribution in [1.82, 2.24) is 10.2 Å². The van der Waals surface area contributed by atoms with Crippen LogP contribution < -0.4 is 10.2 Å². The lowest BCUT2D eigenvalue weighted by Gasteiger charge is -2.38. The summed E-state index contributed by atoms with van der Waals surface area (Å²) in [5.74, 6) is 0.351. The van der Waals surface area contributed by atoms with Crippen molar-refractivity contribution in [2.75, 3.05) is 37.6 Å². The molecule has 0 bridgehead atoms. The van der Waals surface area contributed by atoms with Gasteiger partial charge < -0.3 is 15.1 Å². The van der Waals surface area contributed by atoms with E-state index in [2.05, 4.69) is 12.2 Å². The number of piperidine rings is 1. The molecule has 3 rings (SSSR count). The van der Waals surface area contributed by atoms with Crippen LogP contribution in [0.15, 0.2) is 24.3 Å². The Kier molecular flexibility index (Phi) is 4.99. The Morgan fingerprint density at radius 3 is 2.62 bits per heavy atom. The van der Waals surface area contributed by atoms with Crippen LogP contribution in [0.4, 0.5) is 11.4 Å². The van der Waals surface area contributed by atoms with Crippen LogP contribution in [0, 0.1) is 16.0 Å². The number of para-hydroxylation sites is 2. The third-order valence-corrected chi connectivity index (χ3v) is 4.98. The minimum Gasteiger partial charge on any atom is -0.362 e. The van der Waals surface area contributed by atoms with Gasteiger partial charge in [0.05, 0.1) is 4.92 Å². The molecule has 2 aliphatic rings. The number of anilines is 1. The van der Waals surface area contributed by atoms with Crippen LogP contribution in [-0.4, -0.2) is 54.5 Å². The summed E-state index contributed by atoms with van der Waals surface area (Å²) in [6, 6.07) is 7.20. The Hall–Kier alpha value is -2.15. The number of piperazine rings is 1. The zero-order chi connectivity index (χ0) is 17.1. The first-order valence-electron chi connectivity index (χ1n) is 8.57. The molecule has 1 aromatic rings. The zero-order valence-electron chi connectivity index (χ0n) is 14.0. The predicted octanol–water partition coefficient (Wildman–Crippen LogP) is 1.63. The molecule has 2 atom stereocenters. The van der Waals surface area contributed by atoms with Gasteiger partial charge in [0.1, 0.15) is 5.69 Å². The molecule has 0 unspecified atom stereocenters. The van der Waals surface area contributed by atoms with Crippen LogP contribution in [-0.2, 0) is 4.79 Å². The molecular formula is C17H24N4O3. The van der Waals surface area contributed by atoms with Crippen LogP contribution in [0.25, 0.3) is 0 Å². The van der Waals surface area contributed by atoms with Crippen molar-refractivity contribution in [3.8, 4) is 0 Å². The number of nitro groups is 1. The molecule has 1 amide bonds. The predicted molar refractivity (Wildman–Crippen MR) is 92.1 cm³/mol. The SMILES string of the molecule is C[C@H]1C[C@@H](C(=O)N2CCN(c3ccccc3[N+](=O)[O-])CC2)CCN1. The van der Waals surface area contributed by atoms with Gasteiger partial charge in [-0.15, -0.1) is 0 Å². The average molecular weight is 332 g/mol. The maximum absolute atomic E-state index is 12.7. The summed E-state index contributed by atoms with van der Waals surface area (Å²) in [6.45, 7) is 5.54. The number of carbonyl (C=O) groups excluding carboxylic acids is 1. The summed E-state index contributed by atoms with van der Waals surface area (Å²) in [6.07, 6.45) is 1.79. The number of hydrogen-bond donors (Lipinski definition) is 1. The third kappa shape index (κ3) is 3.51. The quantitative estimate of drug-likeness (QED) is 0.672. The molecule has 2 heterocycles. The molecule has 7 nitrogen and oxygen atoms in total. The molecule has 0 aromatic heterocycles. The summed E-state index contributed by atoms with van der Waals surface area (Å²) >= 11 is 0. The van der Waals surface area contributed by atoms with Crippen molar-refractivity contribution >= 4 is 17.3 Å². The van der Waals surface area contributed by atoms with E-state index >= 15 is 0 Å². The molecule has 7 heteroatoms. The first-order chi connectivity index (χ1) is 11.6. The van der Waals surface area contributed by atoms with Crippen molar-refractivity contribution < 1.29 is 9.72 Å². The highest BCUT2D eigenvalue weighted by molar-refractivity contribution is 5.79. The van der Waals surface area contributed by atoms with Crippen LogP contribution in [0.2, 0.25) is 0 Å². The van der Waals surface area contributed by atoms with Gasteiger partial charge in [-0.05, 0) is 32.4 Å². The summed E-state index contributed by atoms with van der Waals surface area (Å²) in [4.78, 5) is 27.5. The van der Waals surface area contributed by atoms with E-state index in [0.29, 0.717) is 37.9 Å². The smallest absolute Gasteiger partial charge is 0.292 e. The van der Waals surface area contributed by atoms with Gasteiger partial charge in [0.15, 0.2) is 0 Å². The topological polar surface area (TPSA) is 78.7 Å². The largest absolute Gasteiger partial charge is 0.362 e. The van der Waals surface area contributed by atoms with Crippen molar-refractivity contribution in [2.24, 2.45) is 5.92 Å². The second-order valence-corrected chi connectivity index (χ2v) is 6.63. The molecule has 1 aromatic carbocycles. The van der Waals surface area contributed by atoms with Crippen LogP contribution in [0.3, 0.4) is 0 Å². The highest BCUT2D eigenvalue weighted by atomic mass is 16.6. The van der Waals surface area contributed by atoms with Crippen LogP contribution in [0.5, 0.6) is 0 Å². The van der Waals surface area contributed by atoms with Gasteiger partial charge in [0.25, 0.3) is 5.69 Å². The van der Waals surface area contributed by atoms with Crippen molar-refractivity contribution in [3.63, 3.8) is 0 Å². The van der Waals surface area contributed by atoms with E-state index in [-0.39, 0.29) is 22.4 Å². The summed E-state index contributed by atoms with van der Waals surface area (Å²) < 4.78 is 0. The van der Waals surface area contributed by atoms with Crippen LogP contribution in [0.1, 0.15) is 19.8 Å². The van der Waals surface area contributed by atoms with Crippen molar-refractivity contribution in [3.05, 3.63) is 34.4 Å². The van der Waals surface area contributed by atoms with Gasteiger partial charge >= 0.3 is 0 Å². The van der Waals surface area contributed by atoms with Gasteiger partial charge in [-0.3, -0.25) is 14.9 Å². The molecule has 0 saturated carbocycles. The molecule has 2 aliphatic heterocycles. The molecule has 130 valence electrons. The lowest BCUT2D eigenvalue weighted by atomic mass is 9.92. The number of rotatable bonds is 3. The van der Waals surface area contributed by atoms with Crippen molar-refractivity contribution in [1.29, 1.82) is 0 Å². The first-order valence-corrected chi connectivity index (χ1v) is 8.57. The van der Waals surface area contributed by atoms with E-state index in [1.807, 2.05) is 15.9 Å². The second kappa shape index (κ2) is 7.17. The molecule has 0 spiro atoms. The molecule has 0 aliphatic carbocycles. The normalized spacial score (nSPS) is 24.7. The fourth-order valence-electron chi connectivity index (χ4n) is 3.67. The Labute approximate surface area is 141 Å². The molecule has 0 radical (unpaired) electrons. The van der Waals surface area contributed by atoms with E-state index in [9.17, 15) is 14.9 Å². The Balaban J connectivity index is 1.62. The minimum atomic E-state index is -0.344. The Morgan fingerprint density at radius 1 is 1.25 bits per heavy atom. The van der Waals surface area contributed by atoms with Gasteiger partial charge in [0.2, 0.25) is 5.91 Å². The highest BCUT2D eigenvalue weighted by Gasteiger charge is 2.31. The van der Waals surface area contributed by atoms with Gasteiger partial charge in [-0.25, -0.2) is 0 Å². The monoisotopic (exact) mass is 332 g/mol. The van der Waals surface area contributed by atoms with Gasteiger partial charge in [-0.2, -0.15) is 0 Å². The Bertz CT molecular complexity index is 614. The van der Waals surface area contributed by atoms with Gasteiger partial charge in [0, 0.05) is 44.2 Å². The maximum Gasteiger partial charge on any atom is 0.292 e. The summed E-state index contributed by atoms with van der Waals surface area (Å²) in [5, 5.41) is 14.6. The first kappa shape index (κ1) is 16.7. The Morgan fingerprint density at radius 2 is 1.96 bits per heavy atom. The molecular weight excluding hydrogens is 308 g/mol. The number of nitrogens with zero attached hydrogens (tertiary/aromatic N) is 3. The van der Waals surface area contributed by atoms with E-state index in [0.717, 1.165) is 19.4 Å². The number of benzene rings is 1. The van der Waals surface area contributed by atoms with E-state index in [1.165, 1.54) is 6.07 Å². The number of amides is 1. The number of nitro benzene ring substituents is 1. The second-order valence-electron chi connectivity index (χ2n) is 6.63. The lowest BCUT2D eigenvalue weighted by molar-refractivity contribution is -0.384. The number of carbonyl (C=O) groups is 1. The van der Waals surface area contributed by atoms with E-state index in [1.54, 1.807) is 12.1 Å². The van der Waals surface area contributed by atoms with Crippen LogP contribution >= 0.6 is 0 Å². The number of hydrogen-bond acceptors (Lipinski definition) is 5. The molecule has 2 saturated heterocycles. The molecule has 1 N–H and O–H groups in total. The molecule has 24 heavy (non-hydrogen) atoms. The van der Waals surface area contributed by atoms with Gasteiger partial charge in [-0.1, -0.05) is 12.1 Å². The molecule has 2 fully saturated rings. The van der Waals surface area contributed by atoms with Crippen molar-refractivity contribution in [2.45, 2.75) is 25.8 Å². The average Bonchev–Trinajstić information content (AvgIpc) is 2.61. The maximum atomic E-state index is 12.7. The lowest BCUT2D eigenvalue weighted by Crippen LogP contribution is -2.52. The summed E-state index contributed by atoms with van der Waals surface area (Å²) in [7, 11) is 0. The fraction of sp³-hybridized carbons (Fsp3) is 0.588. The summed E-state index contributed by atoms with van der Waals surface area (Å²) in [5.41, 5.74) is 0.773. The standard InChI is InChI=1S/C17H24N4O3/c1-13-12-14(6-7-18-13)17(22)20-10-8-19(9-11-20)15-4-2-3-5-16(15)21(23)24/h2-5,13-14,18H,6-12H2,1H3/t13-,14-/m0/s1. The third-order valence-electron chi connectivity index (χ3n) is 4.98. The highest BCUT2D eigenvalue weighted by Crippen LogP contribution is 2.29. The fourth-order valence-corrected chi connectivity index (χ4v) is 3.67. The number of nitrogens with one attached hydrogen (secondary N) is 1. The van der Waals surface area contributed by atoms with E-state index in [4.69, 9.17) is 0 Å². The minimum absolute atomic E-state index is 0.110. The van der Waals surface area contributed by atoms with E-state index < -0.39 is 0 Å².